The van der Waals surface area contributed by atoms with E-state index in [4.69, 9.17) is 0 Å². The van der Waals surface area contributed by atoms with Gasteiger partial charge in [0.2, 0.25) is 5.95 Å². The molecule has 6 heteroatoms. The molecule has 5 nitrogen and oxygen atoms in total. The van der Waals surface area contributed by atoms with E-state index >= 15 is 0 Å². The number of nitrogens with zero attached hydrogens (tertiary/aromatic N) is 2. The number of pyridine rings is 1. The molecule has 1 aliphatic heterocycles. The fourth-order valence-corrected chi connectivity index (χ4v) is 3.04. The molecule has 1 fully saturated rings. The third-order valence-electron chi connectivity index (χ3n) is 4.22. The summed E-state index contributed by atoms with van der Waals surface area (Å²) in [5.74, 6) is -1.01. The van der Waals surface area contributed by atoms with Crippen molar-refractivity contribution in [2.75, 3.05) is 13.1 Å². The zero-order chi connectivity index (χ0) is 16.9. The van der Waals surface area contributed by atoms with Crippen molar-refractivity contribution in [3.05, 3.63) is 65.7 Å². The van der Waals surface area contributed by atoms with Crippen LogP contribution in [0.25, 0.3) is 0 Å². The summed E-state index contributed by atoms with van der Waals surface area (Å²) in [7, 11) is 0. The second-order valence-electron chi connectivity index (χ2n) is 6.04. The number of hydrogen-bond acceptors (Lipinski definition) is 4. The van der Waals surface area contributed by atoms with Gasteiger partial charge in [0.05, 0.1) is 6.10 Å². The zero-order valence-corrected chi connectivity index (χ0v) is 13.2. The Morgan fingerprint density at radius 1 is 1.33 bits per heavy atom. The van der Waals surface area contributed by atoms with Crippen LogP contribution in [0.15, 0.2) is 48.7 Å². The van der Waals surface area contributed by atoms with E-state index in [2.05, 4.69) is 15.2 Å². The van der Waals surface area contributed by atoms with Crippen molar-refractivity contribution in [1.82, 2.24) is 15.2 Å². The largest absolute Gasteiger partial charge is 0.392 e. The number of likely N-dealkylation sites (tertiary alicyclic amines) is 1. The van der Waals surface area contributed by atoms with Crippen LogP contribution in [0.1, 0.15) is 22.3 Å². The van der Waals surface area contributed by atoms with Gasteiger partial charge in [-0.3, -0.25) is 9.69 Å². The lowest BCUT2D eigenvalue weighted by Gasteiger charge is -2.24. The number of rotatable bonds is 5. The van der Waals surface area contributed by atoms with Crippen LogP contribution >= 0.6 is 0 Å². The molecule has 1 aromatic heterocycles. The van der Waals surface area contributed by atoms with Gasteiger partial charge in [-0.1, -0.05) is 30.3 Å². The van der Waals surface area contributed by atoms with Gasteiger partial charge in [-0.2, -0.15) is 4.39 Å². The number of halogens is 1. The predicted octanol–water partition coefficient (Wildman–Crippen LogP) is 1.59. The summed E-state index contributed by atoms with van der Waals surface area (Å²) in [5, 5.41) is 12.8. The number of aliphatic hydroxyl groups is 1. The van der Waals surface area contributed by atoms with E-state index in [-0.39, 0.29) is 17.5 Å². The van der Waals surface area contributed by atoms with E-state index in [1.165, 1.54) is 17.8 Å². The number of benzene rings is 1. The average molecular weight is 329 g/mol. The number of amides is 1. The van der Waals surface area contributed by atoms with Gasteiger partial charge < -0.3 is 10.4 Å². The van der Waals surface area contributed by atoms with E-state index in [0.717, 1.165) is 12.6 Å². The van der Waals surface area contributed by atoms with Gasteiger partial charge in [-0.05, 0) is 18.1 Å². The van der Waals surface area contributed by atoms with Gasteiger partial charge in [-0.15, -0.1) is 0 Å². The highest BCUT2D eigenvalue weighted by molar-refractivity contribution is 5.94. The molecule has 24 heavy (non-hydrogen) atoms. The van der Waals surface area contributed by atoms with Gasteiger partial charge in [0, 0.05) is 43.5 Å². The molecule has 1 aromatic carbocycles. The van der Waals surface area contributed by atoms with Gasteiger partial charge in [0.1, 0.15) is 0 Å². The lowest BCUT2D eigenvalue weighted by Crippen LogP contribution is -2.39. The van der Waals surface area contributed by atoms with Crippen LogP contribution in [0.2, 0.25) is 0 Å². The molecule has 2 heterocycles. The smallest absolute Gasteiger partial charge is 0.251 e. The molecule has 1 saturated heterocycles. The molecular weight excluding hydrogens is 309 g/mol. The maximum Gasteiger partial charge on any atom is 0.251 e. The molecule has 0 spiro atoms. The van der Waals surface area contributed by atoms with Crippen molar-refractivity contribution >= 4 is 5.91 Å². The van der Waals surface area contributed by atoms with Crippen LogP contribution in [0.5, 0.6) is 0 Å². The first kappa shape index (κ1) is 16.5. The van der Waals surface area contributed by atoms with E-state index in [9.17, 15) is 14.3 Å². The molecule has 1 aliphatic rings. The molecule has 2 atom stereocenters. The van der Waals surface area contributed by atoms with Gasteiger partial charge in [-0.25, -0.2) is 4.98 Å². The Hall–Kier alpha value is -2.31. The van der Waals surface area contributed by atoms with Crippen LogP contribution < -0.4 is 5.32 Å². The van der Waals surface area contributed by atoms with Crippen molar-refractivity contribution in [1.29, 1.82) is 0 Å². The average Bonchev–Trinajstić information content (AvgIpc) is 2.93. The monoisotopic (exact) mass is 329 g/mol. The molecule has 2 N–H and O–H groups in total. The minimum atomic E-state index is -0.676. The standard InChI is InChI=1S/C18H20FN3O2/c19-17-8-14(6-7-20-17)18(24)21-10-15-9-16(23)12-22(15)11-13-4-2-1-3-5-13/h1-8,15-16,23H,9-12H2,(H,21,24). The van der Waals surface area contributed by atoms with Crippen molar-refractivity contribution in [2.45, 2.75) is 25.1 Å². The zero-order valence-electron chi connectivity index (χ0n) is 13.2. The Kier molecular flexibility index (Phi) is 5.17. The first-order valence-corrected chi connectivity index (χ1v) is 7.97. The van der Waals surface area contributed by atoms with E-state index < -0.39 is 12.1 Å². The fraction of sp³-hybridized carbons (Fsp3) is 0.333. The maximum absolute atomic E-state index is 13.1. The number of carbonyl (C=O) groups excluding carboxylic acids is 1. The molecule has 2 aromatic rings. The van der Waals surface area contributed by atoms with Crippen molar-refractivity contribution < 1.29 is 14.3 Å². The summed E-state index contributed by atoms with van der Waals surface area (Å²) >= 11 is 0. The maximum atomic E-state index is 13.1. The van der Waals surface area contributed by atoms with Gasteiger partial charge >= 0.3 is 0 Å². The lowest BCUT2D eigenvalue weighted by molar-refractivity contribution is 0.0939. The van der Waals surface area contributed by atoms with Crippen molar-refractivity contribution in [2.24, 2.45) is 0 Å². The third-order valence-corrected chi connectivity index (χ3v) is 4.22. The minimum absolute atomic E-state index is 0.0517. The minimum Gasteiger partial charge on any atom is -0.392 e. The second kappa shape index (κ2) is 7.51. The van der Waals surface area contributed by atoms with Gasteiger partial charge in [0.25, 0.3) is 5.91 Å². The van der Waals surface area contributed by atoms with Crippen LogP contribution in [0.4, 0.5) is 4.39 Å². The Morgan fingerprint density at radius 3 is 2.88 bits per heavy atom. The Balaban J connectivity index is 1.59. The Labute approximate surface area is 140 Å². The second-order valence-corrected chi connectivity index (χ2v) is 6.04. The number of aromatic nitrogens is 1. The molecule has 0 saturated carbocycles. The molecule has 3 rings (SSSR count). The SMILES string of the molecule is O=C(NCC1CC(O)CN1Cc1ccccc1)c1ccnc(F)c1. The number of β-amino-alcohol motifs (C(OH)–C–C–N with tert-alkyl or cyclic N) is 1. The molecule has 0 radical (unpaired) electrons. The number of aliphatic hydroxyl groups excluding tert-OH is 1. The van der Waals surface area contributed by atoms with E-state index in [1.54, 1.807) is 0 Å². The Morgan fingerprint density at radius 2 is 2.12 bits per heavy atom. The molecule has 1 amide bonds. The highest BCUT2D eigenvalue weighted by atomic mass is 19.1. The van der Waals surface area contributed by atoms with Gasteiger partial charge in [0.15, 0.2) is 0 Å². The highest BCUT2D eigenvalue weighted by Gasteiger charge is 2.31. The lowest BCUT2D eigenvalue weighted by atomic mass is 10.1. The first-order chi connectivity index (χ1) is 11.6. The number of hydrogen-bond donors (Lipinski definition) is 2. The summed E-state index contributed by atoms with van der Waals surface area (Å²) in [5.41, 5.74) is 1.41. The summed E-state index contributed by atoms with van der Waals surface area (Å²) < 4.78 is 13.1. The normalized spacial score (nSPS) is 20.9. The molecule has 0 aliphatic carbocycles. The van der Waals surface area contributed by atoms with Crippen molar-refractivity contribution in [3.63, 3.8) is 0 Å². The predicted molar refractivity (Wildman–Crippen MR) is 87.8 cm³/mol. The highest BCUT2D eigenvalue weighted by Crippen LogP contribution is 2.20. The van der Waals surface area contributed by atoms with Crippen LogP contribution in [0, 0.1) is 5.95 Å². The number of nitrogens with one attached hydrogen (secondary N) is 1. The van der Waals surface area contributed by atoms with Crippen LogP contribution in [0.3, 0.4) is 0 Å². The van der Waals surface area contributed by atoms with Crippen LogP contribution in [-0.4, -0.2) is 46.1 Å². The quantitative estimate of drug-likeness (QED) is 0.818. The van der Waals surface area contributed by atoms with E-state index in [1.807, 2.05) is 30.3 Å². The first-order valence-electron chi connectivity index (χ1n) is 7.97. The van der Waals surface area contributed by atoms with E-state index in [0.29, 0.717) is 19.5 Å². The molecular formula is C18H20FN3O2. The fourth-order valence-electron chi connectivity index (χ4n) is 3.04. The molecule has 0 bridgehead atoms. The third kappa shape index (κ3) is 4.15. The topological polar surface area (TPSA) is 65.5 Å². The molecule has 126 valence electrons. The summed E-state index contributed by atoms with van der Waals surface area (Å²) in [6, 6.07) is 12.7. The summed E-state index contributed by atoms with van der Waals surface area (Å²) in [4.78, 5) is 17.7. The summed E-state index contributed by atoms with van der Waals surface area (Å²) in [6.07, 6.45) is 1.48. The summed E-state index contributed by atoms with van der Waals surface area (Å²) in [6.45, 7) is 1.72. The Bertz CT molecular complexity index is 696. The number of carbonyl (C=O) groups is 1. The van der Waals surface area contributed by atoms with Crippen molar-refractivity contribution in [3.8, 4) is 0 Å². The molecule has 2 unspecified atom stereocenters. The van der Waals surface area contributed by atoms with Crippen LogP contribution in [-0.2, 0) is 6.54 Å².